The van der Waals surface area contributed by atoms with Gasteiger partial charge in [-0.3, -0.25) is 9.59 Å². The molecule has 0 aliphatic carbocycles. The smallest absolute Gasteiger partial charge is 0.306 e. The molecule has 0 radical (unpaired) electrons. The lowest BCUT2D eigenvalue weighted by Gasteiger charge is -2.42. The maximum Gasteiger partial charge on any atom is 0.306 e. The zero-order valence-corrected chi connectivity index (χ0v) is 44.0. The van der Waals surface area contributed by atoms with Crippen LogP contribution in [0.25, 0.3) is 0 Å². The van der Waals surface area contributed by atoms with Gasteiger partial charge in [0.1, 0.15) is 55.4 Å². The van der Waals surface area contributed by atoms with Crippen molar-refractivity contribution >= 4 is 11.9 Å². The van der Waals surface area contributed by atoms with Gasteiger partial charge in [-0.1, -0.05) is 166 Å². The summed E-state index contributed by atoms with van der Waals surface area (Å²) in [6.07, 6.45) is 30.3. The number of hydrogen-bond acceptors (Lipinski definition) is 15. The highest BCUT2D eigenvalue weighted by Gasteiger charge is 2.47. The Bertz CT molecular complexity index is 1380. The van der Waals surface area contributed by atoms with Gasteiger partial charge in [0.15, 0.2) is 18.7 Å². The molecule has 15 heteroatoms. The molecule has 414 valence electrons. The second kappa shape index (κ2) is 43.0. The Kier molecular flexibility index (Phi) is 39.3. The minimum absolute atomic E-state index is 0.162. The molecule has 0 amide bonds. The fraction of sp³-hybridized carbons (Fsp3) is 0.857. The fourth-order valence-electron chi connectivity index (χ4n) is 8.71. The molecule has 0 spiro atoms. The molecule has 2 fully saturated rings. The minimum Gasteiger partial charge on any atom is -0.462 e. The summed E-state index contributed by atoms with van der Waals surface area (Å²) in [6, 6.07) is 0. The van der Waals surface area contributed by atoms with Crippen molar-refractivity contribution in [2.24, 2.45) is 0 Å². The molecule has 2 aliphatic heterocycles. The lowest BCUT2D eigenvalue weighted by molar-refractivity contribution is -0.332. The summed E-state index contributed by atoms with van der Waals surface area (Å²) in [7, 11) is 0. The summed E-state index contributed by atoms with van der Waals surface area (Å²) in [5.74, 6) is -0.933. The van der Waals surface area contributed by atoms with E-state index in [4.69, 9.17) is 28.4 Å². The van der Waals surface area contributed by atoms with Crippen molar-refractivity contribution in [1.29, 1.82) is 0 Å². The molecule has 0 bridgehead atoms. The van der Waals surface area contributed by atoms with Crippen LogP contribution < -0.4 is 0 Å². The molecule has 0 aromatic rings. The Morgan fingerprint density at radius 1 is 0.451 bits per heavy atom. The van der Waals surface area contributed by atoms with Gasteiger partial charge in [0, 0.05) is 12.8 Å². The first-order valence-electron chi connectivity index (χ1n) is 28.1. The van der Waals surface area contributed by atoms with E-state index in [9.17, 15) is 45.3 Å². The number of unbranched alkanes of at least 4 members (excludes halogenated alkanes) is 24. The average Bonchev–Trinajstić information content (AvgIpc) is 3.36. The Morgan fingerprint density at radius 3 is 1.35 bits per heavy atom. The molecule has 7 N–H and O–H groups in total. The van der Waals surface area contributed by atoms with E-state index in [1.807, 2.05) is 0 Å². The van der Waals surface area contributed by atoms with Gasteiger partial charge in [0.25, 0.3) is 0 Å². The fourth-order valence-corrected chi connectivity index (χ4v) is 8.71. The monoisotopic (exact) mass is 1010 g/mol. The summed E-state index contributed by atoms with van der Waals surface area (Å²) in [4.78, 5) is 25.8. The number of rotatable bonds is 44. The zero-order valence-electron chi connectivity index (χ0n) is 44.0. The van der Waals surface area contributed by atoms with Gasteiger partial charge in [0.05, 0.1) is 19.8 Å². The van der Waals surface area contributed by atoms with E-state index < -0.39 is 92.7 Å². The Balaban J connectivity index is 1.74. The normalized spacial score (nSPS) is 25.4. The molecule has 2 heterocycles. The number of ether oxygens (including phenoxy) is 6. The van der Waals surface area contributed by atoms with Crippen molar-refractivity contribution in [3.8, 4) is 0 Å². The third kappa shape index (κ3) is 30.6. The molecule has 15 nitrogen and oxygen atoms in total. The van der Waals surface area contributed by atoms with Gasteiger partial charge in [-0.2, -0.15) is 0 Å². The van der Waals surface area contributed by atoms with Crippen LogP contribution in [0.4, 0.5) is 0 Å². The number of carbonyl (C=O) groups is 2. The van der Waals surface area contributed by atoms with E-state index in [1.165, 1.54) is 103 Å². The molecule has 11 atom stereocenters. The zero-order chi connectivity index (χ0) is 51.7. The number of allylic oxidation sites excluding steroid dienone is 6. The van der Waals surface area contributed by atoms with Crippen LogP contribution >= 0.6 is 0 Å². The second-order valence-electron chi connectivity index (χ2n) is 19.8. The quantitative estimate of drug-likeness (QED) is 0.0172. The first-order valence-corrected chi connectivity index (χ1v) is 28.1. The van der Waals surface area contributed by atoms with Crippen molar-refractivity contribution in [2.75, 3.05) is 26.4 Å². The van der Waals surface area contributed by atoms with Crippen molar-refractivity contribution < 1.29 is 73.8 Å². The summed E-state index contributed by atoms with van der Waals surface area (Å²) >= 11 is 0. The van der Waals surface area contributed by atoms with Crippen LogP contribution in [0.1, 0.15) is 213 Å². The van der Waals surface area contributed by atoms with Crippen molar-refractivity contribution in [1.82, 2.24) is 0 Å². The Hall–Kier alpha value is -2.28. The van der Waals surface area contributed by atoms with Crippen LogP contribution in [-0.2, 0) is 38.0 Å². The molecule has 0 aromatic carbocycles. The van der Waals surface area contributed by atoms with Crippen molar-refractivity contribution in [3.05, 3.63) is 36.5 Å². The van der Waals surface area contributed by atoms with E-state index in [0.29, 0.717) is 12.8 Å². The van der Waals surface area contributed by atoms with Gasteiger partial charge < -0.3 is 64.2 Å². The van der Waals surface area contributed by atoms with Crippen LogP contribution in [0, 0.1) is 0 Å². The summed E-state index contributed by atoms with van der Waals surface area (Å²) < 4.78 is 33.6. The van der Waals surface area contributed by atoms with Gasteiger partial charge in [-0.25, -0.2) is 0 Å². The van der Waals surface area contributed by atoms with Gasteiger partial charge in [-0.05, 0) is 70.6 Å². The highest BCUT2D eigenvalue weighted by molar-refractivity contribution is 5.70. The number of hydrogen-bond donors (Lipinski definition) is 7. The minimum atomic E-state index is -1.77. The van der Waals surface area contributed by atoms with E-state index in [-0.39, 0.29) is 26.1 Å². The standard InChI is InChI=1S/C56H100O15/c1-3-5-7-9-11-13-15-17-18-19-20-21-22-23-24-25-26-27-29-31-33-35-37-39-48(59)69-44(41-66-47(58)38-36-34-32-30-28-16-14-12-10-8-6-4-2)42-67-55-54(65)52(63)50(61)46(71-55)43-68-56-53(64)51(62)49(60)45(40-57)70-56/h12,14-15,17,19-20,44-46,49-57,60-65H,3-11,13,16,18,21-43H2,1-2H3/b14-12-,17-15-,20-19-. The molecule has 2 aliphatic rings. The Morgan fingerprint density at radius 2 is 0.845 bits per heavy atom. The summed E-state index contributed by atoms with van der Waals surface area (Å²) in [5, 5.41) is 72.2. The molecule has 71 heavy (non-hydrogen) atoms. The van der Waals surface area contributed by atoms with E-state index in [0.717, 1.165) is 70.6 Å². The summed E-state index contributed by atoms with van der Waals surface area (Å²) in [5.41, 5.74) is 0. The topological polar surface area (TPSA) is 231 Å². The first-order chi connectivity index (χ1) is 34.5. The predicted octanol–water partition coefficient (Wildman–Crippen LogP) is 8.88. The molecule has 0 aromatic heterocycles. The number of esters is 2. The number of aliphatic hydroxyl groups excluding tert-OH is 7. The van der Waals surface area contributed by atoms with Crippen molar-refractivity contribution in [3.63, 3.8) is 0 Å². The molecular formula is C56H100O15. The van der Waals surface area contributed by atoms with Crippen LogP contribution in [0.5, 0.6) is 0 Å². The molecule has 11 unspecified atom stereocenters. The molecule has 2 rings (SSSR count). The third-order valence-electron chi connectivity index (χ3n) is 13.3. The average molecular weight is 1010 g/mol. The van der Waals surface area contributed by atoms with Gasteiger partial charge in [0.2, 0.25) is 0 Å². The van der Waals surface area contributed by atoms with E-state index in [1.54, 1.807) is 0 Å². The van der Waals surface area contributed by atoms with Crippen LogP contribution in [0.15, 0.2) is 36.5 Å². The maximum absolute atomic E-state index is 13.0. The highest BCUT2D eigenvalue weighted by Crippen LogP contribution is 2.27. The Labute approximate surface area is 427 Å². The van der Waals surface area contributed by atoms with Crippen LogP contribution in [0.2, 0.25) is 0 Å². The number of carbonyl (C=O) groups excluding carboxylic acids is 2. The van der Waals surface area contributed by atoms with Gasteiger partial charge in [-0.15, -0.1) is 0 Å². The second-order valence-corrected chi connectivity index (χ2v) is 19.8. The molecular weight excluding hydrogens is 913 g/mol. The lowest BCUT2D eigenvalue weighted by Crippen LogP contribution is -2.61. The first kappa shape index (κ1) is 64.8. The molecule has 0 saturated carbocycles. The predicted molar refractivity (Wildman–Crippen MR) is 275 cm³/mol. The van der Waals surface area contributed by atoms with E-state index in [2.05, 4.69) is 50.3 Å². The summed E-state index contributed by atoms with van der Waals surface area (Å²) in [6.45, 7) is 2.56. The van der Waals surface area contributed by atoms with Crippen LogP contribution in [-0.4, -0.2) is 142 Å². The van der Waals surface area contributed by atoms with Crippen LogP contribution in [0.3, 0.4) is 0 Å². The molecule has 2 saturated heterocycles. The SMILES string of the molecule is CCCCC/C=C\CCCCCCCC(=O)OCC(COC1OC(COC2OC(CO)C(O)C(O)C2O)C(O)C(O)C1O)OC(=O)CCCCCCCCCCCCC/C=C\C/C=C\CCCCCCC. The largest absolute Gasteiger partial charge is 0.462 e. The highest BCUT2D eigenvalue weighted by atomic mass is 16.7. The van der Waals surface area contributed by atoms with Gasteiger partial charge >= 0.3 is 11.9 Å². The van der Waals surface area contributed by atoms with E-state index >= 15 is 0 Å². The maximum atomic E-state index is 13.0. The van der Waals surface area contributed by atoms with Crippen molar-refractivity contribution in [2.45, 2.75) is 280 Å². The number of aliphatic hydroxyl groups is 7. The lowest BCUT2D eigenvalue weighted by atomic mass is 9.98. The third-order valence-corrected chi connectivity index (χ3v) is 13.3.